The zero-order valence-corrected chi connectivity index (χ0v) is 9.84. The van der Waals surface area contributed by atoms with E-state index in [0.29, 0.717) is 12.0 Å². The molecule has 2 aromatic carbocycles. The van der Waals surface area contributed by atoms with Gasteiger partial charge in [-0.3, -0.25) is 4.79 Å². The van der Waals surface area contributed by atoms with E-state index in [9.17, 15) is 9.90 Å². The van der Waals surface area contributed by atoms with Gasteiger partial charge in [0.25, 0.3) is 0 Å². The van der Waals surface area contributed by atoms with Gasteiger partial charge in [0.2, 0.25) is 0 Å². The summed E-state index contributed by atoms with van der Waals surface area (Å²) in [5.41, 5.74) is 2.70. The van der Waals surface area contributed by atoms with Gasteiger partial charge in [-0.1, -0.05) is 36.4 Å². The number of aromatic hydroxyl groups is 1. The predicted octanol–water partition coefficient (Wildman–Crippen LogP) is 3.08. The highest BCUT2D eigenvalue weighted by molar-refractivity contribution is 5.68. The van der Waals surface area contributed by atoms with Crippen LogP contribution in [0, 0.1) is 0 Å². The standard InChI is InChI=1S/C15H14O3/c16-14-8-6-12(11-4-2-1-3-5-11)10-13(14)7-9-15(17)18/h1-6,8,10,16H,7,9H2,(H,17,18). The van der Waals surface area contributed by atoms with Crippen LogP contribution in [0.4, 0.5) is 0 Å². The Morgan fingerprint density at radius 1 is 1.00 bits per heavy atom. The smallest absolute Gasteiger partial charge is 0.303 e. The predicted molar refractivity (Wildman–Crippen MR) is 69.5 cm³/mol. The first-order valence-electron chi connectivity index (χ1n) is 5.76. The summed E-state index contributed by atoms with van der Waals surface area (Å²) in [6.07, 6.45) is 0.355. The van der Waals surface area contributed by atoms with E-state index in [1.165, 1.54) is 0 Å². The third kappa shape index (κ3) is 2.88. The van der Waals surface area contributed by atoms with Crippen molar-refractivity contribution in [2.75, 3.05) is 0 Å². The first-order chi connectivity index (χ1) is 8.66. The van der Waals surface area contributed by atoms with E-state index in [0.717, 1.165) is 11.1 Å². The Balaban J connectivity index is 2.29. The maximum absolute atomic E-state index is 10.6. The van der Waals surface area contributed by atoms with Gasteiger partial charge in [0.15, 0.2) is 0 Å². The summed E-state index contributed by atoms with van der Waals surface area (Å²) in [7, 11) is 0. The van der Waals surface area contributed by atoms with Gasteiger partial charge in [-0.05, 0) is 35.2 Å². The van der Waals surface area contributed by atoms with Gasteiger partial charge in [-0.15, -0.1) is 0 Å². The molecule has 0 unspecified atom stereocenters. The molecule has 0 aliphatic rings. The van der Waals surface area contributed by atoms with Crippen LogP contribution in [0.3, 0.4) is 0 Å². The van der Waals surface area contributed by atoms with E-state index in [-0.39, 0.29) is 12.2 Å². The van der Waals surface area contributed by atoms with Gasteiger partial charge >= 0.3 is 5.97 Å². The number of phenolic OH excluding ortho intramolecular Hbond substituents is 1. The number of aryl methyl sites for hydroxylation is 1. The molecule has 0 fully saturated rings. The molecule has 92 valence electrons. The second kappa shape index (κ2) is 5.36. The summed E-state index contributed by atoms with van der Waals surface area (Å²) >= 11 is 0. The molecule has 0 saturated heterocycles. The number of rotatable bonds is 4. The van der Waals surface area contributed by atoms with Gasteiger partial charge in [0.05, 0.1) is 0 Å². The molecular weight excluding hydrogens is 228 g/mol. The fraction of sp³-hybridized carbons (Fsp3) is 0.133. The number of carbonyl (C=O) groups is 1. The van der Waals surface area contributed by atoms with Gasteiger partial charge < -0.3 is 10.2 Å². The maximum atomic E-state index is 10.6. The molecule has 0 aromatic heterocycles. The number of aliphatic carboxylic acids is 1. The summed E-state index contributed by atoms with van der Waals surface area (Å²) in [5.74, 6) is -0.713. The highest BCUT2D eigenvalue weighted by atomic mass is 16.4. The van der Waals surface area contributed by atoms with E-state index >= 15 is 0 Å². The number of carboxylic acids is 1. The minimum absolute atomic E-state index is 0.0196. The Morgan fingerprint density at radius 2 is 1.72 bits per heavy atom. The van der Waals surface area contributed by atoms with Gasteiger partial charge in [-0.2, -0.15) is 0 Å². The minimum Gasteiger partial charge on any atom is -0.508 e. The second-order valence-electron chi connectivity index (χ2n) is 4.10. The van der Waals surface area contributed by atoms with Crippen molar-refractivity contribution in [1.82, 2.24) is 0 Å². The van der Waals surface area contributed by atoms with Crippen LogP contribution in [0.2, 0.25) is 0 Å². The molecule has 3 heteroatoms. The van der Waals surface area contributed by atoms with Crippen LogP contribution in [-0.2, 0) is 11.2 Å². The fourth-order valence-corrected chi connectivity index (χ4v) is 1.84. The Kier molecular flexibility index (Phi) is 3.63. The molecule has 2 rings (SSSR count). The Bertz CT molecular complexity index is 547. The normalized spacial score (nSPS) is 10.2. The number of hydrogen-bond acceptors (Lipinski definition) is 2. The zero-order chi connectivity index (χ0) is 13.0. The van der Waals surface area contributed by atoms with Crippen LogP contribution in [0.5, 0.6) is 5.75 Å². The zero-order valence-electron chi connectivity index (χ0n) is 9.84. The fourth-order valence-electron chi connectivity index (χ4n) is 1.84. The molecule has 0 saturated carbocycles. The maximum Gasteiger partial charge on any atom is 0.303 e. The van der Waals surface area contributed by atoms with E-state index < -0.39 is 5.97 Å². The lowest BCUT2D eigenvalue weighted by molar-refractivity contribution is -0.136. The van der Waals surface area contributed by atoms with Crippen LogP contribution in [-0.4, -0.2) is 16.2 Å². The minimum atomic E-state index is -0.862. The lowest BCUT2D eigenvalue weighted by atomic mass is 10.0. The average molecular weight is 242 g/mol. The number of benzene rings is 2. The van der Waals surface area contributed by atoms with Crippen molar-refractivity contribution in [3.05, 3.63) is 54.1 Å². The topological polar surface area (TPSA) is 57.5 Å². The van der Waals surface area contributed by atoms with Crippen molar-refractivity contribution in [2.45, 2.75) is 12.8 Å². The van der Waals surface area contributed by atoms with Gasteiger partial charge in [0.1, 0.15) is 5.75 Å². The van der Waals surface area contributed by atoms with E-state index in [4.69, 9.17) is 5.11 Å². The van der Waals surface area contributed by atoms with Crippen LogP contribution >= 0.6 is 0 Å². The van der Waals surface area contributed by atoms with Crippen LogP contribution in [0.1, 0.15) is 12.0 Å². The van der Waals surface area contributed by atoms with E-state index in [2.05, 4.69) is 0 Å². The molecule has 0 aliphatic carbocycles. The van der Waals surface area contributed by atoms with Crippen molar-refractivity contribution in [3.8, 4) is 16.9 Å². The SMILES string of the molecule is O=C(O)CCc1cc(-c2ccccc2)ccc1O. The molecule has 2 aromatic rings. The van der Waals surface area contributed by atoms with Crippen LogP contribution < -0.4 is 0 Å². The van der Waals surface area contributed by atoms with Crippen LogP contribution in [0.15, 0.2) is 48.5 Å². The Hall–Kier alpha value is -2.29. The average Bonchev–Trinajstić information content (AvgIpc) is 2.38. The highest BCUT2D eigenvalue weighted by Gasteiger charge is 2.06. The summed E-state index contributed by atoms with van der Waals surface area (Å²) < 4.78 is 0. The summed E-state index contributed by atoms with van der Waals surface area (Å²) in [6, 6.07) is 15.1. The van der Waals surface area contributed by atoms with E-state index in [1.807, 2.05) is 42.5 Å². The molecule has 3 nitrogen and oxygen atoms in total. The van der Waals surface area contributed by atoms with Crippen LogP contribution in [0.25, 0.3) is 11.1 Å². The first-order valence-corrected chi connectivity index (χ1v) is 5.76. The van der Waals surface area contributed by atoms with E-state index in [1.54, 1.807) is 6.07 Å². The number of phenols is 1. The quantitative estimate of drug-likeness (QED) is 0.866. The monoisotopic (exact) mass is 242 g/mol. The largest absolute Gasteiger partial charge is 0.508 e. The second-order valence-corrected chi connectivity index (χ2v) is 4.10. The molecule has 0 heterocycles. The molecule has 0 amide bonds. The summed E-state index contributed by atoms with van der Waals surface area (Å²) in [6.45, 7) is 0. The van der Waals surface area contributed by atoms with Crippen molar-refractivity contribution in [1.29, 1.82) is 0 Å². The molecule has 0 spiro atoms. The third-order valence-corrected chi connectivity index (χ3v) is 2.79. The van der Waals surface area contributed by atoms with Crippen molar-refractivity contribution in [2.24, 2.45) is 0 Å². The van der Waals surface area contributed by atoms with Crippen molar-refractivity contribution >= 4 is 5.97 Å². The lowest BCUT2D eigenvalue weighted by Gasteiger charge is -2.07. The summed E-state index contributed by atoms with van der Waals surface area (Å²) in [5, 5.41) is 18.4. The number of carboxylic acid groups (broad SMARTS) is 1. The van der Waals surface area contributed by atoms with Gasteiger partial charge in [-0.25, -0.2) is 0 Å². The number of hydrogen-bond donors (Lipinski definition) is 2. The molecular formula is C15H14O3. The molecule has 0 atom stereocenters. The molecule has 2 N–H and O–H groups in total. The van der Waals surface area contributed by atoms with Crippen molar-refractivity contribution in [3.63, 3.8) is 0 Å². The third-order valence-electron chi connectivity index (χ3n) is 2.79. The lowest BCUT2D eigenvalue weighted by Crippen LogP contribution is -1.97. The Labute approximate surface area is 105 Å². The molecule has 0 radical (unpaired) electrons. The summed E-state index contributed by atoms with van der Waals surface area (Å²) in [4.78, 5) is 10.6. The molecule has 0 aliphatic heterocycles. The Morgan fingerprint density at radius 3 is 2.39 bits per heavy atom. The molecule has 0 bridgehead atoms. The molecule has 18 heavy (non-hydrogen) atoms. The van der Waals surface area contributed by atoms with Gasteiger partial charge in [0, 0.05) is 6.42 Å². The highest BCUT2D eigenvalue weighted by Crippen LogP contribution is 2.26. The first kappa shape index (κ1) is 12.2. The van der Waals surface area contributed by atoms with Crippen molar-refractivity contribution < 1.29 is 15.0 Å².